The van der Waals surface area contributed by atoms with Crippen molar-refractivity contribution in [3.05, 3.63) is 11.1 Å². The molecule has 1 aliphatic heterocycles. The first-order chi connectivity index (χ1) is 20.8. The molecule has 3 aliphatic carbocycles. The first-order valence-corrected chi connectivity index (χ1v) is 17.7. The Balaban J connectivity index is 1.54. The highest BCUT2D eigenvalue weighted by atomic mass is 32.2. The monoisotopic (exact) mass is 645 g/mol. The van der Waals surface area contributed by atoms with Crippen LogP contribution >= 0.6 is 11.8 Å². The summed E-state index contributed by atoms with van der Waals surface area (Å²) in [6.07, 6.45) is 7.27. The van der Waals surface area contributed by atoms with Gasteiger partial charge in [-0.2, -0.15) is 11.8 Å². The topological polar surface area (TPSA) is 151 Å². The van der Waals surface area contributed by atoms with E-state index in [0.717, 1.165) is 61.8 Å². The van der Waals surface area contributed by atoms with Crippen LogP contribution in [-0.4, -0.2) is 75.1 Å². The maximum absolute atomic E-state index is 14.4. The molecule has 0 aromatic rings. The van der Waals surface area contributed by atoms with Crippen molar-refractivity contribution in [3.63, 3.8) is 0 Å². The van der Waals surface area contributed by atoms with Gasteiger partial charge in [-0.1, -0.05) is 93.1 Å². The normalized spacial score (nSPS) is 24.1. The molecular formula is C34H55N5O5S. The number of urea groups is 1. The molecule has 4 unspecified atom stereocenters. The van der Waals surface area contributed by atoms with E-state index in [1.54, 1.807) is 4.90 Å². The van der Waals surface area contributed by atoms with Crippen molar-refractivity contribution in [2.75, 3.05) is 12.3 Å². The Kier molecular flexibility index (Phi) is 10.4. The molecule has 2 saturated carbocycles. The van der Waals surface area contributed by atoms with Crippen LogP contribution in [-0.2, 0) is 19.2 Å². The summed E-state index contributed by atoms with van der Waals surface area (Å²) in [4.78, 5) is 68.0. The van der Waals surface area contributed by atoms with Crippen molar-refractivity contribution < 1.29 is 24.0 Å². The van der Waals surface area contributed by atoms with E-state index in [9.17, 15) is 24.0 Å². The Morgan fingerprint density at radius 1 is 0.978 bits per heavy atom. The van der Waals surface area contributed by atoms with Gasteiger partial charge in [0.25, 0.3) is 5.91 Å². The lowest BCUT2D eigenvalue weighted by atomic mass is 9.83. The van der Waals surface area contributed by atoms with E-state index in [-0.39, 0.29) is 40.0 Å². The van der Waals surface area contributed by atoms with Crippen molar-refractivity contribution in [2.45, 2.75) is 135 Å². The number of nitrogens with one attached hydrogen (secondary N) is 3. The molecule has 4 rings (SSSR count). The quantitative estimate of drug-likeness (QED) is 0.186. The largest absolute Gasteiger partial charge is 0.363 e. The van der Waals surface area contributed by atoms with Crippen molar-refractivity contribution in [3.8, 4) is 0 Å². The maximum Gasteiger partial charge on any atom is 0.315 e. The van der Waals surface area contributed by atoms with Gasteiger partial charge in [-0.15, -0.1) is 0 Å². The Morgan fingerprint density at radius 3 is 2.11 bits per heavy atom. The highest BCUT2D eigenvalue weighted by Gasteiger charge is 2.58. The first kappa shape index (κ1) is 35.3. The van der Waals surface area contributed by atoms with Gasteiger partial charge in [-0.3, -0.25) is 19.2 Å². The predicted molar refractivity (Wildman–Crippen MR) is 177 cm³/mol. The van der Waals surface area contributed by atoms with Crippen LogP contribution in [0, 0.1) is 23.2 Å². The van der Waals surface area contributed by atoms with Gasteiger partial charge in [0.2, 0.25) is 17.6 Å². The summed E-state index contributed by atoms with van der Waals surface area (Å²) in [5.41, 5.74) is 6.56. The molecule has 11 heteroatoms. The highest BCUT2D eigenvalue weighted by molar-refractivity contribution is 8.00. The molecule has 4 atom stereocenters. The third-order valence-corrected chi connectivity index (χ3v) is 11.2. The van der Waals surface area contributed by atoms with Gasteiger partial charge in [-0.25, -0.2) is 4.79 Å². The number of nitrogens with zero attached hydrogens (tertiary/aromatic N) is 1. The summed E-state index contributed by atoms with van der Waals surface area (Å²) in [6, 6.07) is -3.12. The zero-order valence-corrected chi connectivity index (χ0v) is 29.3. The van der Waals surface area contributed by atoms with Crippen LogP contribution < -0.4 is 21.7 Å². The molecule has 5 amide bonds. The molecule has 3 fully saturated rings. The molecule has 5 N–H and O–H groups in total. The molecule has 1 heterocycles. The Bertz CT molecular complexity index is 1220. The summed E-state index contributed by atoms with van der Waals surface area (Å²) < 4.78 is 0.0575. The first-order valence-electron chi connectivity index (χ1n) is 16.7. The number of carbonyl (C=O) groups is 5. The smallest absolute Gasteiger partial charge is 0.315 e. The number of carbonyl (C=O) groups excluding carboxylic acids is 5. The molecule has 0 radical (unpaired) electrons. The SMILES string of the molecule is CC(C)C1=C2CN(C(=O)C(NC(=O)NC3(CSC(C)(C)C)CCCCC3)C(C)(C)C)C(C(=O)NC(CC3CC3)C(=O)C(N)=O)C21. The van der Waals surface area contributed by atoms with Crippen molar-refractivity contribution in [1.82, 2.24) is 20.9 Å². The van der Waals surface area contributed by atoms with Gasteiger partial charge in [0.1, 0.15) is 12.1 Å². The number of ketones is 1. The maximum atomic E-state index is 14.4. The molecule has 252 valence electrons. The number of hydrogen-bond acceptors (Lipinski definition) is 6. The van der Waals surface area contributed by atoms with Gasteiger partial charge in [0.15, 0.2) is 0 Å². The Morgan fingerprint density at radius 2 is 1.60 bits per heavy atom. The van der Waals surface area contributed by atoms with Crippen LogP contribution in [0.3, 0.4) is 0 Å². The fourth-order valence-electron chi connectivity index (χ4n) is 7.02. The van der Waals surface area contributed by atoms with E-state index in [1.165, 1.54) is 0 Å². The zero-order valence-electron chi connectivity index (χ0n) is 28.5. The summed E-state index contributed by atoms with van der Waals surface area (Å²) in [7, 11) is 0. The van der Waals surface area contributed by atoms with E-state index < -0.39 is 41.1 Å². The fourth-order valence-corrected chi connectivity index (χ4v) is 8.09. The molecule has 0 spiro atoms. The average Bonchev–Trinajstić information content (AvgIpc) is 3.85. The molecule has 45 heavy (non-hydrogen) atoms. The van der Waals surface area contributed by atoms with E-state index in [2.05, 4.69) is 50.6 Å². The second-order valence-corrected chi connectivity index (χ2v) is 17.9. The number of rotatable bonds is 12. The van der Waals surface area contributed by atoms with Crippen molar-refractivity contribution in [2.24, 2.45) is 28.9 Å². The molecule has 10 nitrogen and oxygen atoms in total. The van der Waals surface area contributed by atoms with Crippen LogP contribution in [0.5, 0.6) is 0 Å². The van der Waals surface area contributed by atoms with Crippen LogP contribution in [0.25, 0.3) is 0 Å². The van der Waals surface area contributed by atoms with Crippen LogP contribution in [0.15, 0.2) is 11.1 Å². The minimum Gasteiger partial charge on any atom is -0.363 e. The minimum absolute atomic E-state index is 0.0575. The van der Waals surface area contributed by atoms with Gasteiger partial charge in [0, 0.05) is 23.0 Å². The summed E-state index contributed by atoms with van der Waals surface area (Å²) in [5, 5.41) is 9.11. The standard InChI is InChI=1S/C34H55N5O5S/c1-19(2)23-21-17-39(25(24(21)23)29(42)36-22(16-20-12-13-20)26(40)28(35)41)30(43)27(32(3,4)5)37-31(44)38-34(14-10-9-11-15-34)18-45-33(6,7)8/h19-20,22,24-25,27H,9-18H2,1-8H3,(H2,35,41)(H,36,42)(H2,37,38,44). The van der Waals surface area contributed by atoms with E-state index in [4.69, 9.17) is 5.73 Å². The number of primary amides is 1. The van der Waals surface area contributed by atoms with E-state index in [0.29, 0.717) is 13.0 Å². The lowest BCUT2D eigenvalue weighted by molar-refractivity contribution is -0.144. The molecular weight excluding hydrogens is 590 g/mol. The molecule has 0 bridgehead atoms. The summed E-state index contributed by atoms with van der Waals surface area (Å²) in [5.74, 6) is -1.60. The number of thioether (sulfide) groups is 1. The van der Waals surface area contributed by atoms with Crippen LogP contribution in [0.2, 0.25) is 0 Å². The molecule has 0 aromatic carbocycles. The predicted octanol–water partition coefficient (Wildman–Crippen LogP) is 4.07. The lowest BCUT2D eigenvalue weighted by Gasteiger charge is -2.41. The third kappa shape index (κ3) is 8.63. The second-order valence-electron chi connectivity index (χ2n) is 16.1. The molecule has 4 aliphatic rings. The fraction of sp³-hybridized carbons (Fsp3) is 0.794. The number of nitrogens with two attached hydrogens (primary N) is 1. The van der Waals surface area contributed by atoms with Gasteiger partial charge in [-0.05, 0) is 42.1 Å². The zero-order chi connectivity index (χ0) is 33.5. The summed E-state index contributed by atoms with van der Waals surface area (Å²) >= 11 is 1.84. The number of hydrogen-bond donors (Lipinski definition) is 4. The van der Waals surface area contributed by atoms with Crippen LogP contribution in [0.4, 0.5) is 4.79 Å². The Hall–Kier alpha value is -2.56. The van der Waals surface area contributed by atoms with Crippen LogP contribution in [0.1, 0.15) is 107 Å². The number of amides is 5. The number of fused-ring (bicyclic) bond motifs is 1. The number of likely N-dealkylation sites (tertiary alicyclic amines) is 1. The Labute approximate surface area is 273 Å². The highest BCUT2D eigenvalue weighted by Crippen LogP contribution is 2.53. The average molecular weight is 646 g/mol. The van der Waals surface area contributed by atoms with Gasteiger partial charge >= 0.3 is 6.03 Å². The van der Waals surface area contributed by atoms with E-state index >= 15 is 0 Å². The van der Waals surface area contributed by atoms with Gasteiger partial charge in [0.05, 0.1) is 11.6 Å². The van der Waals surface area contributed by atoms with Gasteiger partial charge < -0.3 is 26.6 Å². The lowest BCUT2D eigenvalue weighted by Crippen LogP contribution is -2.63. The van der Waals surface area contributed by atoms with Crippen molar-refractivity contribution >= 4 is 41.3 Å². The minimum atomic E-state index is -1.08. The number of Topliss-reactive ketones (excluding diaryl/α,β-unsaturated/α-hetero) is 1. The second kappa shape index (κ2) is 13.3. The molecule has 0 aromatic heterocycles. The third-order valence-electron chi connectivity index (χ3n) is 9.66. The summed E-state index contributed by atoms with van der Waals surface area (Å²) in [6.45, 7) is 16.7. The van der Waals surface area contributed by atoms with Crippen molar-refractivity contribution in [1.29, 1.82) is 0 Å². The van der Waals surface area contributed by atoms with E-state index in [1.807, 2.05) is 32.5 Å². The molecule has 1 saturated heterocycles.